The second kappa shape index (κ2) is 13.7. The number of alkyl halides is 1. The summed E-state index contributed by atoms with van der Waals surface area (Å²) in [5.41, 5.74) is 0. The molecular formula is C27H36Cl2O6. The number of carbonyl (C=O) groups is 1. The zero-order chi connectivity index (χ0) is 25.3. The van der Waals surface area contributed by atoms with Crippen LogP contribution in [0.5, 0.6) is 5.75 Å². The zero-order valence-electron chi connectivity index (χ0n) is 20.4. The number of ether oxygens (including phenoxy) is 4. The molecule has 1 aromatic carbocycles. The average molecular weight is 527 g/mol. The Hall–Kier alpha value is -1.57. The van der Waals surface area contributed by atoms with Crippen molar-refractivity contribution >= 4 is 29.2 Å². The molecule has 0 amide bonds. The Morgan fingerprint density at radius 3 is 2.77 bits per heavy atom. The predicted octanol–water partition coefficient (Wildman–Crippen LogP) is 5.69. The van der Waals surface area contributed by atoms with Crippen LogP contribution in [0.2, 0.25) is 5.02 Å². The first-order valence-electron chi connectivity index (χ1n) is 12.3. The molecule has 4 atom stereocenters. The first kappa shape index (κ1) is 28.0. The van der Waals surface area contributed by atoms with Gasteiger partial charge < -0.3 is 24.1 Å². The molecule has 1 aliphatic heterocycles. The number of allylic oxidation sites excluding steroid dienone is 3. The summed E-state index contributed by atoms with van der Waals surface area (Å²) in [6.07, 6.45) is 10.6. The Labute approximate surface area is 218 Å². The summed E-state index contributed by atoms with van der Waals surface area (Å²) in [4.78, 5) is 11.6. The fraction of sp³-hybridized carbons (Fsp3) is 0.593. The zero-order valence-corrected chi connectivity index (χ0v) is 21.9. The van der Waals surface area contributed by atoms with Crippen molar-refractivity contribution in [1.82, 2.24) is 0 Å². The fourth-order valence-corrected chi connectivity index (χ4v) is 5.05. The van der Waals surface area contributed by atoms with Crippen molar-refractivity contribution in [3.8, 4) is 5.75 Å². The van der Waals surface area contributed by atoms with Gasteiger partial charge >= 0.3 is 5.97 Å². The smallest absolute Gasteiger partial charge is 0.306 e. The molecule has 1 saturated carbocycles. The summed E-state index contributed by atoms with van der Waals surface area (Å²) in [5.74, 6) is -0.579. The van der Waals surface area contributed by atoms with Crippen LogP contribution < -0.4 is 4.74 Å². The maximum Gasteiger partial charge on any atom is 0.306 e. The topological polar surface area (TPSA) is 74.2 Å². The minimum absolute atomic E-state index is 0.0109. The van der Waals surface area contributed by atoms with Gasteiger partial charge in [-0.2, -0.15) is 0 Å². The molecule has 0 unspecified atom stereocenters. The van der Waals surface area contributed by atoms with Crippen LogP contribution >= 0.6 is 23.2 Å². The Kier molecular flexibility index (Phi) is 10.9. The van der Waals surface area contributed by atoms with Crippen molar-refractivity contribution < 1.29 is 28.8 Å². The molecule has 35 heavy (non-hydrogen) atoms. The summed E-state index contributed by atoms with van der Waals surface area (Å²) in [6, 6.07) is 7.18. The Morgan fingerprint density at radius 1 is 1.29 bits per heavy atom. The van der Waals surface area contributed by atoms with E-state index in [1.54, 1.807) is 12.1 Å². The third-order valence-electron chi connectivity index (χ3n) is 6.15. The molecule has 8 heteroatoms. The van der Waals surface area contributed by atoms with Crippen molar-refractivity contribution in [1.29, 1.82) is 0 Å². The number of aliphatic hydroxyl groups is 1. The highest BCUT2D eigenvalue weighted by Crippen LogP contribution is 2.40. The minimum atomic E-state index is -1.00. The molecule has 1 heterocycles. The quantitative estimate of drug-likeness (QED) is 0.163. The molecule has 2 fully saturated rings. The van der Waals surface area contributed by atoms with Gasteiger partial charge in [0.25, 0.3) is 0 Å². The van der Waals surface area contributed by atoms with E-state index in [9.17, 15) is 9.90 Å². The van der Waals surface area contributed by atoms with Gasteiger partial charge in [0.1, 0.15) is 12.4 Å². The van der Waals surface area contributed by atoms with E-state index in [4.69, 9.17) is 42.1 Å². The standard InChI is InChI=1S/C27H36Cl2O6/c1-19(2)35-26(31)11-6-4-3-5-10-23-22(24(29)17-25(23)30)12-13-27(33-14-15-34-27)18-32-21-9-7-8-20(28)16-21/h3,5,7-9,12-13,16,19,22-25,30H,4,6,10-11,14-15,17-18H2,1-2H3/b5-3-,13-12+/t22-,23-,24+,25+/m1/s1. The number of hydrogen-bond acceptors (Lipinski definition) is 6. The van der Waals surface area contributed by atoms with Gasteiger partial charge in [-0.1, -0.05) is 35.9 Å². The lowest BCUT2D eigenvalue weighted by atomic mass is 9.90. The fourth-order valence-electron chi connectivity index (χ4n) is 4.42. The molecule has 1 saturated heterocycles. The third kappa shape index (κ3) is 8.80. The third-order valence-corrected chi connectivity index (χ3v) is 6.86. The molecule has 0 bridgehead atoms. The molecule has 1 aliphatic carbocycles. The van der Waals surface area contributed by atoms with E-state index in [-0.39, 0.29) is 35.9 Å². The van der Waals surface area contributed by atoms with Crippen LogP contribution in [0.3, 0.4) is 0 Å². The van der Waals surface area contributed by atoms with E-state index >= 15 is 0 Å². The van der Waals surface area contributed by atoms with E-state index in [1.165, 1.54) is 0 Å². The molecule has 1 N–H and O–H groups in total. The van der Waals surface area contributed by atoms with Crippen molar-refractivity contribution in [2.45, 2.75) is 69.3 Å². The lowest BCUT2D eigenvalue weighted by Gasteiger charge is -2.26. The Balaban J connectivity index is 1.54. The maximum absolute atomic E-state index is 11.6. The van der Waals surface area contributed by atoms with Crippen LogP contribution in [0.4, 0.5) is 0 Å². The lowest BCUT2D eigenvalue weighted by molar-refractivity contribution is -0.147. The highest BCUT2D eigenvalue weighted by molar-refractivity contribution is 6.30. The van der Waals surface area contributed by atoms with Crippen LogP contribution in [-0.4, -0.2) is 54.3 Å². The van der Waals surface area contributed by atoms with Crippen molar-refractivity contribution in [2.75, 3.05) is 19.8 Å². The Morgan fingerprint density at radius 2 is 2.06 bits per heavy atom. The van der Waals surface area contributed by atoms with E-state index < -0.39 is 11.9 Å². The molecule has 0 spiro atoms. The van der Waals surface area contributed by atoms with Crippen molar-refractivity contribution in [3.05, 3.63) is 53.6 Å². The maximum atomic E-state index is 11.6. The number of carbonyl (C=O) groups excluding carboxylic acids is 1. The predicted molar refractivity (Wildman–Crippen MR) is 137 cm³/mol. The van der Waals surface area contributed by atoms with E-state index in [0.29, 0.717) is 43.2 Å². The van der Waals surface area contributed by atoms with Crippen LogP contribution in [0.25, 0.3) is 0 Å². The van der Waals surface area contributed by atoms with Gasteiger partial charge in [-0.25, -0.2) is 0 Å². The number of unbranched alkanes of at least 4 members (excludes halogenated alkanes) is 1. The average Bonchev–Trinajstić information content (AvgIpc) is 3.37. The van der Waals surface area contributed by atoms with Gasteiger partial charge in [-0.3, -0.25) is 4.79 Å². The summed E-state index contributed by atoms with van der Waals surface area (Å²) >= 11 is 12.7. The number of esters is 1. The van der Waals surface area contributed by atoms with Gasteiger partial charge in [-0.15, -0.1) is 11.6 Å². The van der Waals surface area contributed by atoms with Crippen LogP contribution in [0.1, 0.15) is 46.0 Å². The van der Waals surface area contributed by atoms with Crippen molar-refractivity contribution in [3.63, 3.8) is 0 Å². The van der Waals surface area contributed by atoms with Crippen LogP contribution in [-0.2, 0) is 19.0 Å². The molecule has 0 aromatic heterocycles. The molecule has 2 aliphatic rings. The number of halogens is 2. The number of rotatable bonds is 12. The van der Waals surface area contributed by atoms with Gasteiger partial charge in [0, 0.05) is 16.8 Å². The van der Waals surface area contributed by atoms with E-state index in [2.05, 4.69) is 12.2 Å². The summed E-state index contributed by atoms with van der Waals surface area (Å²) in [7, 11) is 0. The van der Waals surface area contributed by atoms with Gasteiger partial charge in [0.2, 0.25) is 5.79 Å². The summed E-state index contributed by atoms with van der Waals surface area (Å²) < 4.78 is 22.8. The second-order valence-corrected chi connectivity index (χ2v) is 10.3. The van der Waals surface area contributed by atoms with E-state index in [1.807, 2.05) is 38.1 Å². The number of aliphatic hydroxyl groups excluding tert-OH is 1. The van der Waals surface area contributed by atoms with Gasteiger partial charge in [0.15, 0.2) is 0 Å². The Bertz CT molecular complexity index is 865. The van der Waals surface area contributed by atoms with Crippen LogP contribution in [0.15, 0.2) is 48.6 Å². The van der Waals surface area contributed by atoms with Gasteiger partial charge in [-0.05, 0) is 75.6 Å². The first-order valence-corrected chi connectivity index (χ1v) is 13.1. The summed E-state index contributed by atoms with van der Waals surface area (Å²) in [6.45, 7) is 4.81. The molecule has 0 radical (unpaired) electrons. The molecule has 3 rings (SSSR count). The van der Waals surface area contributed by atoms with Crippen LogP contribution in [0, 0.1) is 11.8 Å². The normalized spacial score (nSPS) is 26.2. The molecule has 1 aromatic rings. The molecule has 6 nitrogen and oxygen atoms in total. The number of hydrogen-bond donors (Lipinski definition) is 1. The molecule has 194 valence electrons. The van der Waals surface area contributed by atoms with Crippen molar-refractivity contribution in [2.24, 2.45) is 11.8 Å². The minimum Gasteiger partial charge on any atom is -0.488 e. The van der Waals surface area contributed by atoms with Gasteiger partial charge in [0.05, 0.1) is 25.4 Å². The number of benzene rings is 1. The highest BCUT2D eigenvalue weighted by atomic mass is 35.5. The summed E-state index contributed by atoms with van der Waals surface area (Å²) in [5, 5.41) is 11.0. The first-order chi connectivity index (χ1) is 16.8. The highest BCUT2D eigenvalue weighted by Gasteiger charge is 2.41. The monoisotopic (exact) mass is 526 g/mol. The second-order valence-electron chi connectivity index (χ2n) is 9.31. The lowest BCUT2D eigenvalue weighted by Crippen LogP contribution is -2.35. The largest absolute Gasteiger partial charge is 0.488 e. The molecular weight excluding hydrogens is 491 g/mol. The SMILES string of the molecule is CC(C)OC(=O)CCC/C=C\C[C@@H]1[C@@H](/C=C/C2(COc3cccc(Cl)c3)OCCO2)[C@@H](Cl)C[C@@H]1O. The van der Waals surface area contributed by atoms with E-state index in [0.717, 1.165) is 12.8 Å².